The van der Waals surface area contributed by atoms with Gasteiger partial charge in [0.15, 0.2) is 0 Å². The number of ether oxygens (including phenoxy) is 1. The second-order valence-electron chi connectivity index (χ2n) is 7.49. The molecule has 0 atom stereocenters. The molecule has 2 aromatic carbocycles. The van der Waals surface area contributed by atoms with Crippen molar-refractivity contribution >= 4 is 34.5 Å². The zero-order chi connectivity index (χ0) is 20.4. The molecule has 1 amide bonds. The van der Waals surface area contributed by atoms with Gasteiger partial charge in [-0.15, -0.1) is 0 Å². The molecule has 2 aliphatic rings. The smallest absolute Gasteiger partial charge is 0.308 e. The van der Waals surface area contributed by atoms with Gasteiger partial charge >= 0.3 is 5.97 Å². The summed E-state index contributed by atoms with van der Waals surface area (Å²) in [4.78, 5) is 26.3. The quantitative estimate of drug-likeness (QED) is 0.613. The number of rotatable bonds is 4. The third kappa shape index (κ3) is 3.83. The van der Waals surface area contributed by atoms with Gasteiger partial charge in [0.25, 0.3) is 5.91 Å². The molecule has 6 nitrogen and oxygen atoms in total. The first-order chi connectivity index (χ1) is 14.1. The number of benzene rings is 2. The molecule has 0 radical (unpaired) electrons. The highest BCUT2D eigenvalue weighted by molar-refractivity contribution is 6.32. The number of nitrogens with one attached hydrogen (secondary N) is 2. The molecule has 0 saturated carbocycles. The van der Waals surface area contributed by atoms with Crippen molar-refractivity contribution < 1.29 is 14.3 Å². The van der Waals surface area contributed by atoms with E-state index in [1.165, 1.54) is 7.11 Å². The SMILES string of the molecule is COC(=O)C1CCN(c2ccc(N/C=C3\C(=O)Nc4cccc(C)c43)cc2)CC1. The van der Waals surface area contributed by atoms with Crippen molar-refractivity contribution in [3.05, 3.63) is 59.8 Å². The molecule has 6 heteroatoms. The number of nitrogens with zero attached hydrogens (tertiary/aromatic N) is 1. The average molecular weight is 391 g/mol. The summed E-state index contributed by atoms with van der Waals surface area (Å²) in [5, 5.41) is 6.15. The Labute approximate surface area is 170 Å². The molecule has 0 aromatic heterocycles. The molecule has 2 N–H and O–H groups in total. The normalized spacial score (nSPS) is 17.8. The molecule has 2 heterocycles. The number of fused-ring (bicyclic) bond motifs is 1. The van der Waals surface area contributed by atoms with E-state index in [0.717, 1.165) is 54.1 Å². The minimum Gasteiger partial charge on any atom is -0.469 e. The summed E-state index contributed by atoms with van der Waals surface area (Å²) in [5.74, 6) is -0.190. The second-order valence-corrected chi connectivity index (χ2v) is 7.49. The Hall–Kier alpha value is -3.28. The first-order valence-electron chi connectivity index (χ1n) is 9.87. The molecule has 29 heavy (non-hydrogen) atoms. The van der Waals surface area contributed by atoms with Crippen molar-refractivity contribution in [1.82, 2.24) is 0 Å². The molecule has 0 aliphatic carbocycles. The first kappa shape index (κ1) is 19.1. The van der Waals surface area contributed by atoms with Gasteiger partial charge in [0, 0.05) is 41.9 Å². The van der Waals surface area contributed by atoms with Crippen LogP contribution in [0.25, 0.3) is 5.57 Å². The topological polar surface area (TPSA) is 70.7 Å². The highest BCUT2D eigenvalue weighted by Gasteiger charge is 2.26. The zero-order valence-electron chi connectivity index (χ0n) is 16.7. The molecule has 0 unspecified atom stereocenters. The molecule has 0 bridgehead atoms. The number of methoxy groups -OCH3 is 1. The highest BCUT2D eigenvalue weighted by atomic mass is 16.5. The minimum atomic E-state index is -0.106. The molecule has 0 spiro atoms. The standard InChI is InChI=1S/C23H25N3O3/c1-15-4-3-5-20-21(15)19(22(27)25-20)14-24-17-6-8-18(9-7-17)26-12-10-16(11-13-26)23(28)29-2/h3-9,14,16,24H,10-13H2,1-2H3,(H,25,27)/b19-14-. The second kappa shape index (κ2) is 7.99. The largest absolute Gasteiger partial charge is 0.469 e. The number of hydrogen-bond donors (Lipinski definition) is 2. The van der Waals surface area contributed by atoms with Gasteiger partial charge in [-0.2, -0.15) is 0 Å². The molecule has 2 aliphatic heterocycles. The van der Waals surface area contributed by atoms with Crippen LogP contribution in [-0.4, -0.2) is 32.1 Å². The Bertz CT molecular complexity index is 958. The molecule has 4 rings (SSSR count). The highest BCUT2D eigenvalue weighted by Crippen LogP contribution is 2.34. The summed E-state index contributed by atoms with van der Waals surface area (Å²) in [6, 6.07) is 14.0. The van der Waals surface area contributed by atoms with Crippen LogP contribution in [0.5, 0.6) is 0 Å². The zero-order valence-corrected chi connectivity index (χ0v) is 16.7. The van der Waals surface area contributed by atoms with Crippen LogP contribution in [-0.2, 0) is 14.3 Å². The average Bonchev–Trinajstić information content (AvgIpc) is 3.08. The number of hydrogen-bond acceptors (Lipinski definition) is 5. The molecular weight excluding hydrogens is 366 g/mol. The van der Waals surface area contributed by atoms with Crippen LogP contribution in [0.3, 0.4) is 0 Å². The lowest BCUT2D eigenvalue weighted by Crippen LogP contribution is -2.36. The Balaban J connectivity index is 1.42. The third-order valence-electron chi connectivity index (χ3n) is 5.68. The third-order valence-corrected chi connectivity index (χ3v) is 5.68. The van der Waals surface area contributed by atoms with E-state index in [1.54, 1.807) is 6.20 Å². The van der Waals surface area contributed by atoms with Gasteiger partial charge in [0.1, 0.15) is 0 Å². The fraction of sp³-hybridized carbons (Fsp3) is 0.304. The van der Waals surface area contributed by atoms with Crippen molar-refractivity contribution in [2.75, 3.05) is 35.7 Å². The van der Waals surface area contributed by atoms with Gasteiger partial charge in [-0.05, 0) is 55.7 Å². The van der Waals surface area contributed by atoms with Crippen LogP contribution in [0.1, 0.15) is 24.0 Å². The van der Waals surface area contributed by atoms with Gasteiger partial charge < -0.3 is 20.3 Å². The van der Waals surface area contributed by atoms with Gasteiger partial charge in [0.05, 0.1) is 18.6 Å². The van der Waals surface area contributed by atoms with E-state index in [4.69, 9.17) is 4.74 Å². The molecule has 150 valence electrons. The van der Waals surface area contributed by atoms with E-state index in [1.807, 2.05) is 37.3 Å². The van der Waals surface area contributed by atoms with E-state index in [0.29, 0.717) is 5.57 Å². The molecule has 1 saturated heterocycles. The Morgan fingerprint density at radius 1 is 1.17 bits per heavy atom. The Morgan fingerprint density at radius 3 is 2.59 bits per heavy atom. The van der Waals surface area contributed by atoms with E-state index >= 15 is 0 Å². The van der Waals surface area contributed by atoms with Crippen LogP contribution < -0.4 is 15.5 Å². The lowest BCUT2D eigenvalue weighted by atomic mass is 9.96. The van der Waals surface area contributed by atoms with Crippen LogP contribution >= 0.6 is 0 Å². The predicted molar refractivity (Wildman–Crippen MR) is 115 cm³/mol. The maximum absolute atomic E-state index is 12.3. The van der Waals surface area contributed by atoms with Gasteiger partial charge in [-0.25, -0.2) is 0 Å². The summed E-state index contributed by atoms with van der Waals surface area (Å²) in [6.45, 7) is 3.69. The van der Waals surface area contributed by atoms with Crippen LogP contribution in [0.2, 0.25) is 0 Å². The van der Waals surface area contributed by atoms with Gasteiger partial charge in [-0.1, -0.05) is 12.1 Å². The van der Waals surface area contributed by atoms with E-state index in [2.05, 4.69) is 27.7 Å². The van der Waals surface area contributed by atoms with Crippen molar-refractivity contribution in [3.8, 4) is 0 Å². The number of esters is 1. The lowest BCUT2D eigenvalue weighted by Gasteiger charge is -2.32. The maximum atomic E-state index is 12.3. The van der Waals surface area contributed by atoms with E-state index in [9.17, 15) is 9.59 Å². The molecule has 2 aromatic rings. The van der Waals surface area contributed by atoms with Crippen molar-refractivity contribution in [3.63, 3.8) is 0 Å². The van der Waals surface area contributed by atoms with Crippen LogP contribution in [0, 0.1) is 12.8 Å². The Kier molecular flexibility index (Phi) is 5.25. The predicted octanol–water partition coefficient (Wildman–Crippen LogP) is 3.79. The van der Waals surface area contributed by atoms with Crippen LogP contribution in [0.15, 0.2) is 48.7 Å². The summed E-state index contributed by atoms with van der Waals surface area (Å²) in [7, 11) is 1.45. The first-order valence-corrected chi connectivity index (χ1v) is 9.87. The number of anilines is 3. The van der Waals surface area contributed by atoms with E-state index in [-0.39, 0.29) is 17.8 Å². The number of carbonyl (C=O) groups is 2. The van der Waals surface area contributed by atoms with Gasteiger partial charge in [-0.3, -0.25) is 9.59 Å². The number of piperidine rings is 1. The van der Waals surface area contributed by atoms with E-state index < -0.39 is 0 Å². The monoisotopic (exact) mass is 391 g/mol. The molecule has 1 fully saturated rings. The lowest BCUT2D eigenvalue weighted by molar-refractivity contribution is -0.146. The van der Waals surface area contributed by atoms with Crippen molar-refractivity contribution in [2.45, 2.75) is 19.8 Å². The molecular formula is C23H25N3O3. The van der Waals surface area contributed by atoms with Crippen LogP contribution in [0.4, 0.5) is 17.1 Å². The summed E-state index contributed by atoms with van der Waals surface area (Å²) < 4.78 is 4.85. The van der Waals surface area contributed by atoms with Crippen molar-refractivity contribution in [1.29, 1.82) is 0 Å². The maximum Gasteiger partial charge on any atom is 0.308 e. The summed E-state index contributed by atoms with van der Waals surface area (Å²) in [5.41, 5.74) is 5.57. The van der Waals surface area contributed by atoms with Crippen molar-refractivity contribution in [2.24, 2.45) is 5.92 Å². The minimum absolute atomic E-state index is 0.00714. The number of amides is 1. The fourth-order valence-corrected chi connectivity index (χ4v) is 4.03. The number of aryl methyl sites for hydroxylation is 1. The summed E-state index contributed by atoms with van der Waals surface area (Å²) in [6.07, 6.45) is 3.39. The summed E-state index contributed by atoms with van der Waals surface area (Å²) >= 11 is 0. The Morgan fingerprint density at radius 2 is 1.90 bits per heavy atom. The number of carbonyl (C=O) groups excluding carboxylic acids is 2. The van der Waals surface area contributed by atoms with Gasteiger partial charge in [0.2, 0.25) is 0 Å². The fourth-order valence-electron chi connectivity index (χ4n) is 4.03.